The standard InChI is InChI=1S/C39H46O7/c1-2-3-4-5-6-7-8-9-22-44-34-18-14-27(15-19-34)38(42)45-35-21-17-29-24-33(13-11-31(29)26-35)39(43)46-36-20-16-28-23-32(37(40)41)12-10-30(28)25-36/h14-21,25-26,32-33H,2-13,22-24H2,1H3,(H,40,41). The van der Waals surface area contributed by atoms with Crippen LogP contribution >= 0.6 is 0 Å². The van der Waals surface area contributed by atoms with Crippen LogP contribution < -0.4 is 14.2 Å². The molecule has 3 aromatic carbocycles. The first kappa shape index (κ1) is 33.2. The van der Waals surface area contributed by atoms with Gasteiger partial charge in [0.1, 0.15) is 17.2 Å². The van der Waals surface area contributed by atoms with E-state index in [2.05, 4.69) is 6.92 Å². The summed E-state index contributed by atoms with van der Waals surface area (Å²) in [5, 5.41) is 9.32. The third kappa shape index (κ3) is 9.21. The van der Waals surface area contributed by atoms with Crippen molar-refractivity contribution in [1.82, 2.24) is 0 Å². The molecule has 1 N–H and O–H groups in total. The predicted octanol–water partition coefficient (Wildman–Crippen LogP) is 8.33. The number of carboxylic acid groups (broad SMARTS) is 1. The summed E-state index contributed by atoms with van der Waals surface area (Å²) in [6.07, 6.45) is 13.7. The van der Waals surface area contributed by atoms with Gasteiger partial charge < -0.3 is 19.3 Å². The van der Waals surface area contributed by atoms with Crippen LogP contribution in [0, 0.1) is 11.8 Å². The third-order valence-corrected chi connectivity index (χ3v) is 9.28. The van der Waals surface area contributed by atoms with Crippen LogP contribution in [0.5, 0.6) is 17.2 Å². The number of hydrogen-bond acceptors (Lipinski definition) is 6. The first-order valence-corrected chi connectivity index (χ1v) is 17.0. The predicted molar refractivity (Wildman–Crippen MR) is 177 cm³/mol. The fourth-order valence-corrected chi connectivity index (χ4v) is 6.48. The van der Waals surface area contributed by atoms with Gasteiger partial charge in [-0.1, -0.05) is 64.0 Å². The van der Waals surface area contributed by atoms with Gasteiger partial charge in [-0.25, -0.2) is 4.79 Å². The minimum atomic E-state index is -0.760. The lowest BCUT2D eigenvalue weighted by molar-refractivity contribution is -0.142. The van der Waals surface area contributed by atoms with Crippen molar-refractivity contribution in [2.45, 2.75) is 96.8 Å². The molecule has 2 unspecified atom stereocenters. The van der Waals surface area contributed by atoms with Crippen molar-refractivity contribution in [3.63, 3.8) is 0 Å². The molecule has 2 atom stereocenters. The summed E-state index contributed by atoms with van der Waals surface area (Å²) in [6.45, 7) is 2.92. The highest BCUT2D eigenvalue weighted by atomic mass is 16.5. The number of carboxylic acids is 1. The molecule has 0 spiro atoms. The Kier molecular flexibility index (Phi) is 11.9. The van der Waals surface area contributed by atoms with E-state index in [4.69, 9.17) is 14.2 Å². The lowest BCUT2D eigenvalue weighted by Crippen LogP contribution is -2.27. The van der Waals surface area contributed by atoms with Crippen molar-refractivity contribution in [2.24, 2.45) is 11.8 Å². The highest BCUT2D eigenvalue weighted by Gasteiger charge is 2.28. The molecular weight excluding hydrogens is 580 g/mol. The second-order valence-electron chi connectivity index (χ2n) is 12.7. The number of fused-ring (bicyclic) bond motifs is 2. The minimum Gasteiger partial charge on any atom is -0.494 e. The summed E-state index contributed by atoms with van der Waals surface area (Å²) < 4.78 is 17.3. The molecule has 7 nitrogen and oxygen atoms in total. The number of ether oxygens (including phenoxy) is 3. The van der Waals surface area contributed by atoms with E-state index in [1.807, 2.05) is 36.4 Å². The molecule has 0 heterocycles. The monoisotopic (exact) mass is 626 g/mol. The molecule has 244 valence electrons. The van der Waals surface area contributed by atoms with Gasteiger partial charge in [0.05, 0.1) is 24.0 Å². The normalized spacial score (nSPS) is 17.0. The van der Waals surface area contributed by atoms with Crippen LogP contribution in [0.4, 0.5) is 0 Å². The molecular formula is C39H46O7. The van der Waals surface area contributed by atoms with E-state index in [1.54, 1.807) is 24.3 Å². The van der Waals surface area contributed by atoms with Crippen LogP contribution in [0.2, 0.25) is 0 Å². The van der Waals surface area contributed by atoms with Gasteiger partial charge in [0.15, 0.2) is 0 Å². The summed E-state index contributed by atoms with van der Waals surface area (Å²) in [6, 6.07) is 18.2. The number of esters is 2. The van der Waals surface area contributed by atoms with Crippen LogP contribution in [0.3, 0.4) is 0 Å². The zero-order valence-corrected chi connectivity index (χ0v) is 26.9. The maximum atomic E-state index is 13.0. The molecule has 0 aromatic heterocycles. The van der Waals surface area contributed by atoms with E-state index < -0.39 is 11.9 Å². The SMILES string of the molecule is CCCCCCCCCCOc1ccc(C(=O)Oc2ccc3c(c2)CCC(C(=O)Oc2ccc4c(c2)CCC(C(=O)O)C4)C3)cc1. The van der Waals surface area contributed by atoms with Gasteiger partial charge in [-0.3, -0.25) is 9.59 Å². The molecule has 2 aliphatic carbocycles. The Morgan fingerprint density at radius 2 is 1.20 bits per heavy atom. The molecule has 0 saturated heterocycles. The van der Waals surface area contributed by atoms with E-state index >= 15 is 0 Å². The van der Waals surface area contributed by atoms with Gasteiger partial charge in [-0.2, -0.15) is 0 Å². The molecule has 7 heteroatoms. The largest absolute Gasteiger partial charge is 0.494 e. The van der Waals surface area contributed by atoms with Crippen LogP contribution in [0.25, 0.3) is 0 Å². The number of carbonyl (C=O) groups is 3. The lowest BCUT2D eigenvalue weighted by atomic mass is 9.83. The Balaban J connectivity index is 1.06. The quantitative estimate of drug-likeness (QED) is 0.103. The van der Waals surface area contributed by atoms with Crippen molar-refractivity contribution in [3.05, 3.63) is 88.5 Å². The zero-order valence-electron chi connectivity index (χ0n) is 26.9. The summed E-state index contributed by atoms with van der Waals surface area (Å²) >= 11 is 0. The van der Waals surface area contributed by atoms with Gasteiger partial charge >= 0.3 is 17.9 Å². The number of aliphatic carboxylic acids is 1. The van der Waals surface area contributed by atoms with E-state index in [-0.39, 0.29) is 17.8 Å². The summed E-state index contributed by atoms with van der Waals surface area (Å²) in [7, 11) is 0. The third-order valence-electron chi connectivity index (χ3n) is 9.28. The van der Waals surface area contributed by atoms with Crippen molar-refractivity contribution in [1.29, 1.82) is 0 Å². The van der Waals surface area contributed by atoms with E-state index in [0.717, 1.165) is 34.4 Å². The van der Waals surface area contributed by atoms with Crippen molar-refractivity contribution in [3.8, 4) is 17.2 Å². The number of hydrogen-bond donors (Lipinski definition) is 1. The summed E-state index contributed by atoms with van der Waals surface area (Å²) in [5.41, 5.74) is 4.65. The maximum Gasteiger partial charge on any atom is 0.343 e. The van der Waals surface area contributed by atoms with Crippen molar-refractivity contribution < 1.29 is 33.7 Å². The molecule has 5 rings (SSSR count). The van der Waals surface area contributed by atoms with Gasteiger partial charge in [-0.05, 0) is 116 Å². The van der Waals surface area contributed by atoms with Gasteiger partial charge in [0, 0.05) is 0 Å². The van der Waals surface area contributed by atoms with E-state index in [1.165, 1.54) is 44.9 Å². The average Bonchev–Trinajstić information content (AvgIpc) is 3.07. The Labute approximate surface area is 272 Å². The van der Waals surface area contributed by atoms with E-state index in [9.17, 15) is 19.5 Å². The molecule has 0 aliphatic heterocycles. The van der Waals surface area contributed by atoms with Crippen LogP contribution in [-0.4, -0.2) is 29.6 Å². The van der Waals surface area contributed by atoms with Gasteiger partial charge in [-0.15, -0.1) is 0 Å². The first-order valence-electron chi connectivity index (χ1n) is 17.0. The van der Waals surface area contributed by atoms with Crippen LogP contribution in [0.15, 0.2) is 60.7 Å². The Morgan fingerprint density at radius 1 is 0.652 bits per heavy atom. The topological polar surface area (TPSA) is 99.1 Å². The second kappa shape index (κ2) is 16.4. The molecule has 2 aliphatic rings. The average molecular weight is 627 g/mol. The molecule has 0 amide bonds. The highest BCUT2D eigenvalue weighted by Crippen LogP contribution is 2.32. The molecule has 0 radical (unpaired) electrons. The first-order chi connectivity index (χ1) is 22.4. The molecule has 3 aromatic rings. The fourth-order valence-electron chi connectivity index (χ4n) is 6.48. The van der Waals surface area contributed by atoms with Crippen LogP contribution in [-0.2, 0) is 35.3 Å². The molecule has 46 heavy (non-hydrogen) atoms. The lowest BCUT2D eigenvalue weighted by Gasteiger charge is -2.24. The fraction of sp³-hybridized carbons (Fsp3) is 0.462. The smallest absolute Gasteiger partial charge is 0.343 e. The highest BCUT2D eigenvalue weighted by molar-refractivity contribution is 5.91. The van der Waals surface area contributed by atoms with Crippen molar-refractivity contribution >= 4 is 17.9 Å². The Bertz CT molecular complexity index is 1490. The Hall–Kier alpha value is -4.13. The van der Waals surface area contributed by atoms with Gasteiger partial charge in [0.25, 0.3) is 0 Å². The molecule has 0 fully saturated rings. The number of aryl methyl sites for hydroxylation is 2. The van der Waals surface area contributed by atoms with Gasteiger partial charge in [0.2, 0.25) is 0 Å². The number of benzene rings is 3. The number of rotatable bonds is 15. The van der Waals surface area contributed by atoms with Crippen molar-refractivity contribution in [2.75, 3.05) is 6.61 Å². The second-order valence-corrected chi connectivity index (χ2v) is 12.7. The zero-order chi connectivity index (χ0) is 32.3. The summed E-state index contributed by atoms with van der Waals surface area (Å²) in [5.74, 6) is -0.308. The summed E-state index contributed by atoms with van der Waals surface area (Å²) in [4.78, 5) is 37.2. The van der Waals surface area contributed by atoms with E-state index in [0.29, 0.717) is 62.2 Å². The molecule has 0 saturated carbocycles. The van der Waals surface area contributed by atoms with Crippen LogP contribution in [0.1, 0.15) is 104 Å². The Morgan fingerprint density at radius 3 is 1.83 bits per heavy atom. The number of carbonyl (C=O) groups excluding carboxylic acids is 2. The molecule has 0 bridgehead atoms. The maximum absolute atomic E-state index is 13.0. The number of unbranched alkanes of at least 4 members (excludes halogenated alkanes) is 7. The minimum absolute atomic E-state index is 0.259.